The smallest absolute Gasteiger partial charge is 0.270 e. The van der Waals surface area contributed by atoms with Crippen LogP contribution < -0.4 is 5.32 Å². The molecule has 2 N–H and O–H groups in total. The highest BCUT2D eigenvalue weighted by Gasteiger charge is 2.17. The molecular formula is C15H19N3O2. The first kappa shape index (κ1) is 14.3. The third kappa shape index (κ3) is 3.24. The van der Waals surface area contributed by atoms with Crippen LogP contribution in [0.5, 0.6) is 0 Å². The lowest BCUT2D eigenvalue weighted by molar-refractivity contribution is 0.0920. The summed E-state index contributed by atoms with van der Waals surface area (Å²) in [5.74, 6) is -0.185. The van der Waals surface area contributed by atoms with Crippen molar-refractivity contribution in [1.82, 2.24) is 15.1 Å². The van der Waals surface area contributed by atoms with Crippen molar-refractivity contribution in [3.8, 4) is 0 Å². The number of rotatable bonds is 5. The van der Waals surface area contributed by atoms with Gasteiger partial charge in [-0.15, -0.1) is 0 Å². The van der Waals surface area contributed by atoms with Crippen molar-refractivity contribution in [1.29, 1.82) is 0 Å². The Kier molecular flexibility index (Phi) is 4.53. The number of nitrogens with one attached hydrogen (secondary N) is 1. The third-order valence-corrected chi connectivity index (χ3v) is 3.16. The van der Waals surface area contributed by atoms with Gasteiger partial charge >= 0.3 is 0 Å². The molecule has 2 rings (SSSR count). The average molecular weight is 273 g/mol. The molecule has 2 aromatic rings. The van der Waals surface area contributed by atoms with Crippen molar-refractivity contribution in [2.45, 2.75) is 19.4 Å². The maximum atomic E-state index is 12.3. The first-order valence-electron chi connectivity index (χ1n) is 6.59. The van der Waals surface area contributed by atoms with Gasteiger partial charge in [-0.25, -0.2) is 0 Å². The van der Waals surface area contributed by atoms with Gasteiger partial charge in [-0.1, -0.05) is 30.3 Å². The van der Waals surface area contributed by atoms with Gasteiger partial charge in [0.25, 0.3) is 5.91 Å². The van der Waals surface area contributed by atoms with Gasteiger partial charge in [0.15, 0.2) is 0 Å². The van der Waals surface area contributed by atoms with E-state index in [4.69, 9.17) is 0 Å². The number of hydrogen-bond acceptors (Lipinski definition) is 3. The van der Waals surface area contributed by atoms with E-state index in [1.165, 1.54) is 0 Å². The van der Waals surface area contributed by atoms with Crippen LogP contribution in [0.25, 0.3) is 0 Å². The van der Waals surface area contributed by atoms with Crippen molar-refractivity contribution in [3.05, 3.63) is 53.3 Å². The number of benzene rings is 1. The lowest BCUT2D eigenvalue weighted by Crippen LogP contribution is -2.30. The van der Waals surface area contributed by atoms with Gasteiger partial charge in [0.05, 0.1) is 11.7 Å². The van der Waals surface area contributed by atoms with Crippen LogP contribution in [-0.4, -0.2) is 27.4 Å². The van der Waals surface area contributed by atoms with Crippen molar-refractivity contribution in [2.24, 2.45) is 7.05 Å². The number of hydrogen-bond donors (Lipinski definition) is 2. The Labute approximate surface area is 118 Å². The number of carbonyl (C=O) groups excluding carboxylic acids is 1. The molecule has 5 nitrogen and oxygen atoms in total. The normalized spacial score (nSPS) is 12.2. The van der Waals surface area contributed by atoms with Crippen LogP contribution in [0.4, 0.5) is 0 Å². The Hall–Kier alpha value is -2.14. The van der Waals surface area contributed by atoms with Gasteiger partial charge in [-0.05, 0) is 25.0 Å². The molecule has 20 heavy (non-hydrogen) atoms. The Morgan fingerprint density at radius 3 is 2.65 bits per heavy atom. The third-order valence-electron chi connectivity index (χ3n) is 3.16. The molecule has 106 valence electrons. The molecular weight excluding hydrogens is 254 g/mol. The van der Waals surface area contributed by atoms with Crippen LogP contribution in [0, 0.1) is 6.92 Å². The zero-order chi connectivity index (χ0) is 14.5. The van der Waals surface area contributed by atoms with E-state index in [1.807, 2.05) is 37.3 Å². The van der Waals surface area contributed by atoms with E-state index in [0.717, 1.165) is 11.3 Å². The van der Waals surface area contributed by atoms with E-state index in [2.05, 4.69) is 10.4 Å². The molecule has 0 spiro atoms. The summed E-state index contributed by atoms with van der Waals surface area (Å²) < 4.78 is 1.56. The number of amides is 1. The van der Waals surface area contributed by atoms with Crippen LogP contribution in [0.3, 0.4) is 0 Å². The minimum atomic E-state index is -0.205. The van der Waals surface area contributed by atoms with Crippen LogP contribution in [0.1, 0.15) is 34.2 Å². The quantitative estimate of drug-likeness (QED) is 0.869. The van der Waals surface area contributed by atoms with Crippen LogP contribution >= 0.6 is 0 Å². The summed E-state index contributed by atoms with van der Waals surface area (Å²) in [4.78, 5) is 12.3. The van der Waals surface area contributed by atoms with E-state index >= 15 is 0 Å². The largest absolute Gasteiger partial charge is 0.396 e. The highest BCUT2D eigenvalue weighted by molar-refractivity contribution is 5.92. The summed E-state index contributed by atoms with van der Waals surface area (Å²) >= 11 is 0. The highest BCUT2D eigenvalue weighted by atomic mass is 16.3. The Bertz CT molecular complexity index is 578. The van der Waals surface area contributed by atoms with Crippen LogP contribution in [0.2, 0.25) is 0 Å². The maximum Gasteiger partial charge on any atom is 0.270 e. The van der Waals surface area contributed by atoms with E-state index < -0.39 is 0 Å². The molecule has 0 aliphatic carbocycles. The number of aliphatic hydroxyl groups excluding tert-OH is 1. The number of aromatic nitrogens is 2. The fourth-order valence-electron chi connectivity index (χ4n) is 2.19. The molecule has 0 bridgehead atoms. The van der Waals surface area contributed by atoms with Crippen molar-refractivity contribution in [3.63, 3.8) is 0 Å². The lowest BCUT2D eigenvalue weighted by Gasteiger charge is -2.18. The van der Waals surface area contributed by atoms with Crippen LogP contribution in [-0.2, 0) is 7.05 Å². The fraction of sp³-hybridized carbons (Fsp3) is 0.333. The van der Waals surface area contributed by atoms with Crippen molar-refractivity contribution >= 4 is 5.91 Å². The van der Waals surface area contributed by atoms with Crippen molar-refractivity contribution in [2.75, 3.05) is 6.61 Å². The zero-order valence-electron chi connectivity index (χ0n) is 11.7. The predicted molar refractivity (Wildman–Crippen MR) is 76.3 cm³/mol. The second kappa shape index (κ2) is 6.34. The zero-order valence-corrected chi connectivity index (χ0v) is 11.7. The summed E-state index contributed by atoms with van der Waals surface area (Å²) in [7, 11) is 1.74. The standard InChI is InChI=1S/C15H19N3O2/c1-11-10-14(18(2)17-11)15(20)16-13(8-9-19)12-6-4-3-5-7-12/h3-7,10,13,19H,8-9H2,1-2H3,(H,16,20). The SMILES string of the molecule is Cc1cc(C(=O)NC(CCO)c2ccccc2)n(C)n1. The summed E-state index contributed by atoms with van der Waals surface area (Å²) in [6.07, 6.45) is 0.479. The second-order valence-electron chi connectivity index (χ2n) is 4.74. The molecule has 0 saturated heterocycles. The maximum absolute atomic E-state index is 12.3. The van der Waals surface area contributed by atoms with E-state index in [1.54, 1.807) is 17.8 Å². The minimum Gasteiger partial charge on any atom is -0.396 e. The Morgan fingerprint density at radius 1 is 1.40 bits per heavy atom. The Morgan fingerprint density at radius 2 is 2.10 bits per heavy atom. The van der Waals surface area contributed by atoms with Crippen molar-refractivity contribution < 1.29 is 9.90 Å². The first-order valence-corrected chi connectivity index (χ1v) is 6.59. The molecule has 0 saturated carbocycles. The average Bonchev–Trinajstić information content (AvgIpc) is 2.78. The number of aryl methyl sites for hydroxylation is 2. The topological polar surface area (TPSA) is 67.2 Å². The van der Waals surface area contributed by atoms with E-state index in [0.29, 0.717) is 12.1 Å². The van der Waals surface area contributed by atoms with Gasteiger partial charge in [0.2, 0.25) is 0 Å². The predicted octanol–water partition coefficient (Wildman–Crippen LogP) is 1.58. The lowest BCUT2D eigenvalue weighted by atomic mass is 10.0. The molecule has 1 unspecified atom stereocenters. The first-order chi connectivity index (χ1) is 9.61. The van der Waals surface area contributed by atoms with Gasteiger partial charge in [-0.2, -0.15) is 5.10 Å². The summed E-state index contributed by atoms with van der Waals surface area (Å²) in [5.41, 5.74) is 2.30. The molecule has 1 aromatic heterocycles. The molecule has 0 radical (unpaired) electrons. The molecule has 0 fully saturated rings. The summed E-state index contributed by atoms with van der Waals surface area (Å²) in [5, 5.41) is 16.3. The molecule has 5 heteroatoms. The minimum absolute atomic E-state index is 0.0181. The fourth-order valence-corrected chi connectivity index (χ4v) is 2.19. The molecule has 1 aromatic carbocycles. The molecule has 0 aliphatic rings. The van der Waals surface area contributed by atoms with E-state index in [-0.39, 0.29) is 18.6 Å². The second-order valence-corrected chi connectivity index (χ2v) is 4.74. The molecule has 1 atom stereocenters. The van der Waals surface area contributed by atoms with E-state index in [9.17, 15) is 9.90 Å². The molecule has 0 aliphatic heterocycles. The summed E-state index contributed by atoms with van der Waals surface area (Å²) in [6, 6.07) is 11.2. The van der Waals surface area contributed by atoms with Gasteiger partial charge in [0.1, 0.15) is 5.69 Å². The van der Waals surface area contributed by atoms with Gasteiger partial charge in [0, 0.05) is 13.7 Å². The van der Waals surface area contributed by atoms with Gasteiger partial charge < -0.3 is 10.4 Å². The monoisotopic (exact) mass is 273 g/mol. The van der Waals surface area contributed by atoms with Gasteiger partial charge in [-0.3, -0.25) is 9.48 Å². The number of nitrogens with zero attached hydrogens (tertiary/aromatic N) is 2. The highest BCUT2D eigenvalue weighted by Crippen LogP contribution is 2.17. The van der Waals surface area contributed by atoms with Crippen LogP contribution in [0.15, 0.2) is 36.4 Å². The summed E-state index contributed by atoms with van der Waals surface area (Å²) in [6.45, 7) is 1.86. The Balaban J connectivity index is 2.16. The molecule has 1 amide bonds. The number of aliphatic hydroxyl groups is 1. The number of carbonyl (C=O) groups is 1. The molecule has 1 heterocycles.